The maximum atomic E-state index is 10.9. The fraction of sp³-hybridized carbons (Fsp3) is 0.250. The molecular weight excluding hydrogens is 238 g/mol. The first-order valence-electron chi connectivity index (χ1n) is 5.46. The van der Waals surface area contributed by atoms with Gasteiger partial charge in [-0.1, -0.05) is 22.9 Å². The van der Waals surface area contributed by atoms with E-state index in [0.29, 0.717) is 16.6 Å². The van der Waals surface area contributed by atoms with Gasteiger partial charge in [-0.05, 0) is 31.0 Å². The van der Waals surface area contributed by atoms with Gasteiger partial charge in [0.15, 0.2) is 6.29 Å². The van der Waals surface area contributed by atoms with Gasteiger partial charge in [0.2, 0.25) is 0 Å². The predicted molar refractivity (Wildman–Crippen MR) is 63.7 cm³/mol. The van der Waals surface area contributed by atoms with Crippen molar-refractivity contribution in [2.24, 2.45) is 0 Å². The lowest BCUT2D eigenvalue weighted by atomic mass is 10.2. The highest BCUT2D eigenvalue weighted by atomic mass is 35.5. The molecule has 1 saturated carbocycles. The van der Waals surface area contributed by atoms with Gasteiger partial charge in [0, 0.05) is 10.9 Å². The van der Waals surface area contributed by atoms with Crippen molar-refractivity contribution in [2.75, 3.05) is 0 Å². The standard InChI is InChI=1S/C12H10ClN3O/c13-9-2-1-3-10(6-9)16-12(8-4-5-8)11(7-17)14-15-16/h1-3,6-8H,4-5H2. The Labute approximate surface area is 103 Å². The van der Waals surface area contributed by atoms with Crippen LogP contribution in [0.1, 0.15) is 34.9 Å². The Kier molecular flexibility index (Phi) is 2.44. The average molecular weight is 248 g/mol. The number of halogens is 1. The van der Waals surface area contributed by atoms with E-state index in [1.54, 1.807) is 10.7 Å². The quantitative estimate of drug-likeness (QED) is 0.784. The summed E-state index contributed by atoms with van der Waals surface area (Å²) >= 11 is 5.95. The summed E-state index contributed by atoms with van der Waals surface area (Å²) in [5.41, 5.74) is 2.19. The molecule has 0 aliphatic heterocycles. The highest BCUT2D eigenvalue weighted by Crippen LogP contribution is 2.41. The third-order valence-corrected chi connectivity index (χ3v) is 3.10. The van der Waals surface area contributed by atoms with Crippen molar-refractivity contribution in [3.63, 3.8) is 0 Å². The minimum absolute atomic E-state index is 0.407. The van der Waals surface area contributed by atoms with E-state index in [1.165, 1.54) is 0 Å². The topological polar surface area (TPSA) is 47.8 Å². The van der Waals surface area contributed by atoms with E-state index in [9.17, 15) is 4.79 Å². The lowest BCUT2D eigenvalue weighted by Gasteiger charge is -2.05. The molecule has 5 heteroatoms. The molecule has 0 unspecified atom stereocenters. The normalized spacial score (nSPS) is 14.9. The van der Waals surface area contributed by atoms with Gasteiger partial charge >= 0.3 is 0 Å². The van der Waals surface area contributed by atoms with Gasteiger partial charge in [-0.25, -0.2) is 4.68 Å². The lowest BCUT2D eigenvalue weighted by molar-refractivity contribution is 0.111. The number of carbonyl (C=O) groups is 1. The summed E-state index contributed by atoms with van der Waals surface area (Å²) in [5.74, 6) is 0.407. The maximum Gasteiger partial charge on any atom is 0.172 e. The van der Waals surface area contributed by atoms with Gasteiger partial charge in [0.1, 0.15) is 5.69 Å². The minimum Gasteiger partial charge on any atom is -0.296 e. The first-order valence-corrected chi connectivity index (χ1v) is 5.84. The Morgan fingerprint density at radius 2 is 2.24 bits per heavy atom. The number of hydrogen-bond donors (Lipinski definition) is 0. The fourth-order valence-corrected chi connectivity index (χ4v) is 2.11. The molecule has 86 valence electrons. The largest absolute Gasteiger partial charge is 0.296 e. The van der Waals surface area contributed by atoms with Crippen molar-refractivity contribution < 1.29 is 4.79 Å². The molecule has 1 aromatic heterocycles. The van der Waals surface area contributed by atoms with E-state index in [4.69, 9.17) is 11.6 Å². The molecule has 1 heterocycles. The highest BCUT2D eigenvalue weighted by molar-refractivity contribution is 6.30. The zero-order valence-electron chi connectivity index (χ0n) is 9.01. The maximum absolute atomic E-state index is 10.9. The monoisotopic (exact) mass is 247 g/mol. The summed E-state index contributed by atoms with van der Waals surface area (Å²) in [7, 11) is 0. The zero-order chi connectivity index (χ0) is 11.8. The van der Waals surface area contributed by atoms with Crippen LogP contribution in [0, 0.1) is 0 Å². The summed E-state index contributed by atoms with van der Waals surface area (Å²) in [6.07, 6.45) is 2.95. The SMILES string of the molecule is O=Cc1nnn(-c2cccc(Cl)c2)c1C1CC1. The Morgan fingerprint density at radius 3 is 2.88 bits per heavy atom. The molecule has 1 fully saturated rings. The molecule has 0 N–H and O–H groups in total. The molecule has 0 spiro atoms. The van der Waals surface area contributed by atoms with Crippen molar-refractivity contribution in [1.82, 2.24) is 15.0 Å². The van der Waals surface area contributed by atoms with Crippen LogP contribution in [0.3, 0.4) is 0 Å². The Bertz CT molecular complexity index is 575. The van der Waals surface area contributed by atoms with Crippen LogP contribution in [0.4, 0.5) is 0 Å². The number of aldehydes is 1. The number of aromatic nitrogens is 3. The van der Waals surface area contributed by atoms with Crippen LogP contribution in [-0.2, 0) is 0 Å². The molecule has 1 aliphatic carbocycles. The molecule has 1 aliphatic rings. The Balaban J connectivity index is 2.14. The summed E-state index contributed by atoms with van der Waals surface area (Å²) in [5, 5.41) is 8.59. The third kappa shape index (κ3) is 1.85. The molecule has 17 heavy (non-hydrogen) atoms. The highest BCUT2D eigenvalue weighted by Gasteiger charge is 2.31. The zero-order valence-corrected chi connectivity index (χ0v) is 9.76. The van der Waals surface area contributed by atoms with Crippen LogP contribution in [0.15, 0.2) is 24.3 Å². The van der Waals surface area contributed by atoms with Gasteiger partial charge < -0.3 is 0 Å². The second kappa shape index (κ2) is 3.96. The van der Waals surface area contributed by atoms with E-state index in [-0.39, 0.29) is 0 Å². The third-order valence-electron chi connectivity index (χ3n) is 2.86. The average Bonchev–Trinajstić information content (AvgIpc) is 3.08. The van der Waals surface area contributed by atoms with Crippen molar-refractivity contribution in [3.8, 4) is 5.69 Å². The summed E-state index contributed by atoms with van der Waals surface area (Å²) in [6, 6.07) is 7.38. The molecule has 0 saturated heterocycles. The van der Waals surface area contributed by atoms with E-state index in [0.717, 1.165) is 30.5 Å². The van der Waals surface area contributed by atoms with E-state index in [1.807, 2.05) is 18.2 Å². The summed E-state index contributed by atoms with van der Waals surface area (Å²) in [4.78, 5) is 10.9. The summed E-state index contributed by atoms with van der Waals surface area (Å²) < 4.78 is 1.72. The smallest absolute Gasteiger partial charge is 0.172 e. The first-order chi connectivity index (χ1) is 8.29. The molecule has 1 aromatic carbocycles. The Morgan fingerprint density at radius 1 is 1.41 bits per heavy atom. The molecule has 0 radical (unpaired) electrons. The number of carbonyl (C=O) groups excluding carboxylic acids is 1. The van der Waals surface area contributed by atoms with E-state index >= 15 is 0 Å². The van der Waals surface area contributed by atoms with E-state index < -0.39 is 0 Å². The van der Waals surface area contributed by atoms with Gasteiger partial charge in [-0.15, -0.1) is 5.10 Å². The first kappa shape index (κ1) is 10.5. The molecule has 3 rings (SSSR count). The van der Waals surface area contributed by atoms with Crippen molar-refractivity contribution >= 4 is 17.9 Å². The fourth-order valence-electron chi connectivity index (χ4n) is 1.92. The van der Waals surface area contributed by atoms with Gasteiger partial charge in [-0.2, -0.15) is 0 Å². The van der Waals surface area contributed by atoms with Gasteiger partial charge in [0.05, 0.1) is 11.4 Å². The predicted octanol–water partition coefficient (Wildman–Crippen LogP) is 2.61. The molecule has 2 aromatic rings. The van der Waals surface area contributed by atoms with Crippen LogP contribution in [0.25, 0.3) is 5.69 Å². The number of rotatable bonds is 3. The van der Waals surface area contributed by atoms with Crippen molar-refractivity contribution in [3.05, 3.63) is 40.7 Å². The van der Waals surface area contributed by atoms with E-state index in [2.05, 4.69) is 10.3 Å². The minimum atomic E-state index is 0.407. The summed E-state index contributed by atoms with van der Waals surface area (Å²) in [6.45, 7) is 0. The van der Waals surface area contributed by atoms with Crippen molar-refractivity contribution in [2.45, 2.75) is 18.8 Å². The van der Waals surface area contributed by atoms with Gasteiger partial charge in [-0.3, -0.25) is 4.79 Å². The Hall–Kier alpha value is -1.68. The second-order valence-electron chi connectivity index (χ2n) is 4.14. The number of hydrogen-bond acceptors (Lipinski definition) is 3. The molecule has 0 amide bonds. The van der Waals surface area contributed by atoms with Crippen LogP contribution in [-0.4, -0.2) is 21.3 Å². The number of benzene rings is 1. The molecular formula is C12H10ClN3O. The van der Waals surface area contributed by atoms with Crippen LogP contribution >= 0.6 is 11.6 Å². The molecule has 0 atom stereocenters. The van der Waals surface area contributed by atoms with Crippen LogP contribution in [0.5, 0.6) is 0 Å². The number of nitrogens with zero attached hydrogens (tertiary/aromatic N) is 3. The van der Waals surface area contributed by atoms with Crippen LogP contribution in [0.2, 0.25) is 5.02 Å². The lowest BCUT2D eigenvalue weighted by Crippen LogP contribution is -2.02. The van der Waals surface area contributed by atoms with Crippen LogP contribution < -0.4 is 0 Å². The second-order valence-corrected chi connectivity index (χ2v) is 4.58. The van der Waals surface area contributed by atoms with Crippen molar-refractivity contribution in [1.29, 1.82) is 0 Å². The van der Waals surface area contributed by atoms with Gasteiger partial charge in [0.25, 0.3) is 0 Å². The molecule has 4 nitrogen and oxygen atoms in total. The molecule has 0 bridgehead atoms.